The van der Waals surface area contributed by atoms with E-state index in [9.17, 15) is 0 Å². The minimum atomic E-state index is 0.147. The zero-order valence-electron chi connectivity index (χ0n) is 13.2. The highest BCUT2D eigenvalue weighted by atomic mass is 32.1. The van der Waals surface area contributed by atoms with Crippen LogP contribution in [-0.2, 0) is 11.8 Å². The smallest absolute Gasteiger partial charge is 0.0110 e. The van der Waals surface area contributed by atoms with Gasteiger partial charge in [-0.2, -0.15) is 0 Å². The van der Waals surface area contributed by atoms with E-state index in [-0.39, 0.29) is 5.41 Å². The molecule has 0 nitrogen and oxygen atoms in total. The second-order valence-corrected chi connectivity index (χ2v) is 8.15. The molecule has 0 saturated heterocycles. The third kappa shape index (κ3) is 3.54. The Bertz CT molecular complexity index is 442. The predicted molar refractivity (Wildman–Crippen MR) is 85.0 cm³/mol. The van der Waals surface area contributed by atoms with E-state index in [1.807, 2.05) is 0 Å². The van der Waals surface area contributed by atoms with Crippen LogP contribution in [0.2, 0.25) is 0 Å². The van der Waals surface area contributed by atoms with E-state index in [0.717, 1.165) is 6.42 Å². The SMILES string of the molecule is Cc1cc(C)c(CC(C)(C)C)c(C(C)(C)C)c1S. The van der Waals surface area contributed by atoms with Crippen LogP contribution < -0.4 is 0 Å². The van der Waals surface area contributed by atoms with Gasteiger partial charge in [0.25, 0.3) is 0 Å². The largest absolute Gasteiger partial charge is 0.143 e. The van der Waals surface area contributed by atoms with E-state index < -0.39 is 0 Å². The Morgan fingerprint density at radius 2 is 1.44 bits per heavy atom. The first kappa shape index (κ1) is 15.6. The molecule has 0 fully saturated rings. The molecule has 0 amide bonds. The molecule has 0 spiro atoms. The third-order valence-electron chi connectivity index (χ3n) is 3.28. The van der Waals surface area contributed by atoms with Crippen LogP contribution in [0.1, 0.15) is 63.8 Å². The van der Waals surface area contributed by atoms with Gasteiger partial charge in [0.1, 0.15) is 0 Å². The van der Waals surface area contributed by atoms with E-state index in [1.165, 1.54) is 27.1 Å². The summed E-state index contributed by atoms with van der Waals surface area (Å²) in [4.78, 5) is 1.17. The van der Waals surface area contributed by atoms with Crippen molar-refractivity contribution in [3.63, 3.8) is 0 Å². The Kier molecular flexibility index (Phi) is 4.27. The molecule has 0 heterocycles. The van der Waals surface area contributed by atoms with Crippen molar-refractivity contribution in [2.45, 2.75) is 72.1 Å². The van der Waals surface area contributed by atoms with Gasteiger partial charge in [-0.15, -0.1) is 12.6 Å². The fourth-order valence-corrected chi connectivity index (χ4v) is 3.12. The highest BCUT2D eigenvalue weighted by Crippen LogP contribution is 2.38. The number of aryl methyl sites for hydroxylation is 2. The molecule has 0 radical (unpaired) electrons. The van der Waals surface area contributed by atoms with E-state index in [1.54, 1.807) is 0 Å². The van der Waals surface area contributed by atoms with Crippen LogP contribution in [0.15, 0.2) is 11.0 Å². The summed E-state index contributed by atoms with van der Waals surface area (Å²) in [5, 5.41) is 0. The highest BCUT2D eigenvalue weighted by molar-refractivity contribution is 7.80. The minimum Gasteiger partial charge on any atom is -0.143 e. The summed E-state index contributed by atoms with van der Waals surface area (Å²) in [6, 6.07) is 2.28. The maximum Gasteiger partial charge on any atom is 0.0110 e. The van der Waals surface area contributed by atoms with Crippen molar-refractivity contribution in [2.24, 2.45) is 5.41 Å². The lowest BCUT2D eigenvalue weighted by Crippen LogP contribution is -2.21. The number of rotatable bonds is 1. The first-order valence-electron chi connectivity index (χ1n) is 6.76. The van der Waals surface area contributed by atoms with Gasteiger partial charge < -0.3 is 0 Å². The van der Waals surface area contributed by atoms with Gasteiger partial charge in [-0.3, -0.25) is 0 Å². The summed E-state index contributed by atoms with van der Waals surface area (Å²) >= 11 is 4.77. The minimum absolute atomic E-state index is 0.147. The van der Waals surface area contributed by atoms with Crippen LogP contribution in [0.5, 0.6) is 0 Å². The van der Waals surface area contributed by atoms with E-state index >= 15 is 0 Å². The first-order valence-corrected chi connectivity index (χ1v) is 7.21. The number of hydrogen-bond acceptors (Lipinski definition) is 1. The molecule has 0 atom stereocenters. The fraction of sp³-hybridized carbons (Fsp3) is 0.647. The molecule has 1 aromatic carbocycles. The standard InChI is InChI=1S/C17H28S/c1-11-9-12(2)15(18)14(17(6,7)8)13(11)10-16(3,4)5/h9,18H,10H2,1-8H3. The van der Waals surface area contributed by atoms with Gasteiger partial charge in [0.05, 0.1) is 0 Å². The molecule has 1 aromatic rings. The molecule has 0 saturated carbocycles. The van der Waals surface area contributed by atoms with Gasteiger partial charge in [0, 0.05) is 4.90 Å². The molecule has 0 aliphatic rings. The molecule has 1 rings (SSSR count). The molecular weight excluding hydrogens is 236 g/mol. The van der Waals surface area contributed by atoms with Crippen molar-refractivity contribution in [1.82, 2.24) is 0 Å². The zero-order chi connectivity index (χ0) is 14.3. The summed E-state index contributed by atoms with van der Waals surface area (Å²) in [5.74, 6) is 0. The van der Waals surface area contributed by atoms with Gasteiger partial charge in [0.15, 0.2) is 0 Å². The number of benzene rings is 1. The third-order valence-corrected chi connectivity index (χ3v) is 3.85. The first-order chi connectivity index (χ1) is 7.93. The molecule has 0 aliphatic carbocycles. The van der Waals surface area contributed by atoms with E-state index in [2.05, 4.69) is 61.5 Å². The Balaban J connectivity index is 3.54. The highest BCUT2D eigenvalue weighted by Gasteiger charge is 2.25. The van der Waals surface area contributed by atoms with Crippen molar-refractivity contribution in [3.05, 3.63) is 28.3 Å². The van der Waals surface area contributed by atoms with Crippen molar-refractivity contribution < 1.29 is 0 Å². The molecule has 0 aromatic heterocycles. The molecule has 0 bridgehead atoms. The molecule has 0 aliphatic heterocycles. The monoisotopic (exact) mass is 264 g/mol. The number of hydrogen-bond donors (Lipinski definition) is 1. The average molecular weight is 264 g/mol. The van der Waals surface area contributed by atoms with E-state index in [4.69, 9.17) is 12.6 Å². The van der Waals surface area contributed by atoms with Crippen LogP contribution in [-0.4, -0.2) is 0 Å². The van der Waals surface area contributed by atoms with Crippen LogP contribution in [0, 0.1) is 19.3 Å². The van der Waals surface area contributed by atoms with Crippen LogP contribution in [0.4, 0.5) is 0 Å². The van der Waals surface area contributed by atoms with Gasteiger partial charge >= 0.3 is 0 Å². The van der Waals surface area contributed by atoms with Gasteiger partial charge in [-0.05, 0) is 53.4 Å². The lowest BCUT2D eigenvalue weighted by Gasteiger charge is -2.30. The summed E-state index contributed by atoms with van der Waals surface area (Å²) < 4.78 is 0. The van der Waals surface area contributed by atoms with Gasteiger partial charge in [0.2, 0.25) is 0 Å². The van der Waals surface area contributed by atoms with Gasteiger partial charge in [-0.25, -0.2) is 0 Å². The summed E-state index contributed by atoms with van der Waals surface area (Å²) in [6.45, 7) is 18.2. The lowest BCUT2D eigenvalue weighted by atomic mass is 9.76. The lowest BCUT2D eigenvalue weighted by molar-refractivity contribution is 0.404. The second-order valence-electron chi connectivity index (χ2n) is 7.70. The quantitative estimate of drug-likeness (QED) is 0.638. The van der Waals surface area contributed by atoms with Crippen molar-refractivity contribution in [2.75, 3.05) is 0 Å². The maximum atomic E-state index is 4.77. The van der Waals surface area contributed by atoms with Crippen molar-refractivity contribution >= 4 is 12.6 Å². The molecule has 0 N–H and O–H groups in total. The topological polar surface area (TPSA) is 0 Å². The predicted octanol–water partition coefficient (Wildman–Crippen LogP) is 5.48. The maximum absolute atomic E-state index is 4.77. The Morgan fingerprint density at radius 1 is 0.944 bits per heavy atom. The second kappa shape index (κ2) is 4.92. The Morgan fingerprint density at radius 3 is 1.83 bits per heavy atom. The van der Waals surface area contributed by atoms with Gasteiger partial charge in [-0.1, -0.05) is 47.6 Å². The van der Waals surface area contributed by atoms with Crippen molar-refractivity contribution in [3.8, 4) is 0 Å². The summed E-state index contributed by atoms with van der Waals surface area (Å²) in [5.41, 5.74) is 6.07. The van der Waals surface area contributed by atoms with Crippen LogP contribution >= 0.6 is 12.6 Å². The summed E-state index contributed by atoms with van der Waals surface area (Å²) in [7, 11) is 0. The number of thiol groups is 1. The average Bonchev–Trinajstić information content (AvgIpc) is 2.09. The van der Waals surface area contributed by atoms with Crippen LogP contribution in [0.25, 0.3) is 0 Å². The van der Waals surface area contributed by atoms with Crippen LogP contribution in [0.3, 0.4) is 0 Å². The summed E-state index contributed by atoms with van der Waals surface area (Å²) in [6.07, 6.45) is 1.11. The molecule has 0 unspecified atom stereocenters. The van der Waals surface area contributed by atoms with Crippen molar-refractivity contribution in [1.29, 1.82) is 0 Å². The Labute approximate surface area is 119 Å². The zero-order valence-corrected chi connectivity index (χ0v) is 14.1. The molecule has 18 heavy (non-hydrogen) atoms. The fourth-order valence-electron chi connectivity index (χ4n) is 2.58. The normalized spacial score (nSPS) is 12.9. The molecule has 1 heteroatoms. The molecular formula is C17H28S. The molecule has 102 valence electrons. The Hall–Kier alpha value is -0.430. The van der Waals surface area contributed by atoms with E-state index in [0.29, 0.717) is 5.41 Å².